The number of nitrogens with two attached hydrogens (primary N) is 1. The summed E-state index contributed by atoms with van der Waals surface area (Å²) in [7, 11) is 0. The molecule has 1 aromatic heterocycles. The normalized spacial score (nSPS) is 10.4. The summed E-state index contributed by atoms with van der Waals surface area (Å²) in [6.07, 6.45) is 2.16. The molecule has 0 saturated heterocycles. The number of carbonyl (C=O) groups is 1. The SMILES string of the molecule is CC(C)CN(CCC(N)=S)C(=O)c1ccccn1. The molecule has 5 heteroatoms. The van der Waals surface area contributed by atoms with Crippen LogP contribution in [0.4, 0.5) is 0 Å². The molecule has 0 unspecified atom stereocenters. The van der Waals surface area contributed by atoms with Crippen molar-refractivity contribution in [2.45, 2.75) is 20.3 Å². The lowest BCUT2D eigenvalue weighted by molar-refractivity contribution is 0.0735. The van der Waals surface area contributed by atoms with E-state index in [-0.39, 0.29) is 5.91 Å². The van der Waals surface area contributed by atoms with E-state index < -0.39 is 0 Å². The topological polar surface area (TPSA) is 59.2 Å². The molecule has 0 aliphatic carbocycles. The third-order valence-electron chi connectivity index (χ3n) is 2.38. The molecule has 1 heterocycles. The van der Waals surface area contributed by atoms with E-state index in [4.69, 9.17) is 18.0 Å². The predicted molar refractivity (Wildman–Crippen MR) is 76.4 cm³/mol. The van der Waals surface area contributed by atoms with Gasteiger partial charge in [0.15, 0.2) is 0 Å². The van der Waals surface area contributed by atoms with Gasteiger partial charge in [0.1, 0.15) is 5.69 Å². The van der Waals surface area contributed by atoms with E-state index in [1.807, 2.05) is 0 Å². The highest BCUT2D eigenvalue weighted by Crippen LogP contribution is 2.06. The first-order valence-electron chi connectivity index (χ1n) is 5.99. The fourth-order valence-corrected chi connectivity index (χ4v) is 1.70. The number of pyridine rings is 1. The van der Waals surface area contributed by atoms with Crippen LogP contribution in [0, 0.1) is 5.92 Å². The highest BCUT2D eigenvalue weighted by atomic mass is 32.1. The first kappa shape index (κ1) is 14.6. The lowest BCUT2D eigenvalue weighted by Crippen LogP contribution is -2.36. The van der Waals surface area contributed by atoms with E-state index in [1.165, 1.54) is 0 Å². The summed E-state index contributed by atoms with van der Waals surface area (Å²) in [5, 5.41) is 0. The van der Waals surface area contributed by atoms with Crippen molar-refractivity contribution in [3.63, 3.8) is 0 Å². The van der Waals surface area contributed by atoms with Crippen LogP contribution in [-0.4, -0.2) is 33.9 Å². The molecule has 0 fully saturated rings. The second-order valence-corrected chi connectivity index (χ2v) is 5.10. The van der Waals surface area contributed by atoms with Crippen molar-refractivity contribution in [2.75, 3.05) is 13.1 Å². The Morgan fingerprint density at radius 2 is 2.22 bits per heavy atom. The molecule has 0 aliphatic rings. The Kier molecular flexibility index (Phi) is 5.71. The quantitative estimate of drug-likeness (QED) is 0.798. The smallest absolute Gasteiger partial charge is 0.272 e. The van der Waals surface area contributed by atoms with Crippen molar-refractivity contribution in [3.05, 3.63) is 30.1 Å². The molecule has 1 amide bonds. The van der Waals surface area contributed by atoms with Crippen LogP contribution in [0.3, 0.4) is 0 Å². The van der Waals surface area contributed by atoms with Crippen LogP contribution in [-0.2, 0) is 0 Å². The minimum absolute atomic E-state index is 0.0689. The molecule has 0 aromatic carbocycles. The summed E-state index contributed by atoms with van der Waals surface area (Å²) in [6, 6.07) is 5.32. The number of hydrogen-bond donors (Lipinski definition) is 1. The van der Waals surface area contributed by atoms with Gasteiger partial charge in [-0.3, -0.25) is 9.78 Å². The first-order chi connectivity index (χ1) is 8.50. The van der Waals surface area contributed by atoms with Crippen molar-refractivity contribution in [3.8, 4) is 0 Å². The number of thiocarbonyl (C=S) groups is 1. The van der Waals surface area contributed by atoms with Crippen LogP contribution < -0.4 is 5.73 Å². The largest absolute Gasteiger partial charge is 0.393 e. The van der Waals surface area contributed by atoms with Gasteiger partial charge >= 0.3 is 0 Å². The molecule has 1 rings (SSSR count). The molecule has 0 saturated carbocycles. The van der Waals surface area contributed by atoms with Crippen molar-refractivity contribution in [1.29, 1.82) is 0 Å². The van der Waals surface area contributed by atoms with Crippen LogP contribution in [0.2, 0.25) is 0 Å². The van der Waals surface area contributed by atoms with Gasteiger partial charge in [0.05, 0.1) is 4.99 Å². The molecule has 1 aromatic rings. The summed E-state index contributed by atoms with van der Waals surface area (Å²) in [5.41, 5.74) is 5.95. The molecule has 0 atom stereocenters. The Labute approximate surface area is 113 Å². The van der Waals surface area contributed by atoms with E-state index in [2.05, 4.69) is 18.8 Å². The maximum atomic E-state index is 12.3. The average Bonchev–Trinajstić information content (AvgIpc) is 2.34. The third kappa shape index (κ3) is 4.79. The number of nitrogens with zero attached hydrogens (tertiary/aromatic N) is 2. The zero-order valence-corrected chi connectivity index (χ0v) is 11.6. The Bertz CT molecular complexity index is 406. The zero-order valence-electron chi connectivity index (χ0n) is 10.8. The molecule has 98 valence electrons. The van der Waals surface area contributed by atoms with Gasteiger partial charge in [0.2, 0.25) is 0 Å². The second kappa shape index (κ2) is 7.06. The van der Waals surface area contributed by atoms with Crippen molar-refractivity contribution >= 4 is 23.1 Å². The first-order valence-corrected chi connectivity index (χ1v) is 6.40. The lowest BCUT2D eigenvalue weighted by Gasteiger charge is -2.24. The average molecular weight is 265 g/mol. The van der Waals surface area contributed by atoms with Crippen LogP contribution in [0.25, 0.3) is 0 Å². The minimum atomic E-state index is -0.0689. The molecule has 0 aliphatic heterocycles. The summed E-state index contributed by atoms with van der Waals surface area (Å²) >= 11 is 4.85. The van der Waals surface area contributed by atoms with E-state index in [9.17, 15) is 4.79 Å². The Morgan fingerprint density at radius 1 is 1.50 bits per heavy atom. The molecule has 2 N–H and O–H groups in total. The standard InChI is InChI=1S/C13H19N3OS/c1-10(2)9-16(8-6-12(14)18)13(17)11-5-3-4-7-15-11/h3-5,7,10H,6,8-9H2,1-2H3,(H2,14,18). The van der Waals surface area contributed by atoms with Crippen molar-refractivity contribution in [2.24, 2.45) is 11.7 Å². The van der Waals surface area contributed by atoms with Gasteiger partial charge in [-0.15, -0.1) is 0 Å². The van der Waals surface area contributed by atoms with Gasteiger partial charge < -0.3 is 10.6 Å². The number of rotatable bonds is 6. The van der Waals surface area contributed by atoms with E-state index in [0.29, 0.717) is 36.1 Å². The van der Waals surface area contributed by atoms with Crippen molar-refractivity contribution < 1.29 is 4.79 Å². The number of hydrogen-bond acceptors (Lipinski definition) is 3. The van der Waals surface area contributed by atoms with Crippen LogP contribution in [0.1, 0.15) is 30.8 Å². The lowest BCUT2D eigenvalue weighted by atomic mass is 10.2. The minimum Gasteiger partial charge on any atom is -0.393 e. The fourth-order valence-electron chi connectivity index (χ4n) is 1.61. The maximum Gasteiger partial charge on any atom is 0.272 e. The molecule has 18 heavy (non-hydrogen) atoms. The highest BCUT2D eigenvalue weighted by molar-refractivity contribution is 7.80. The van der Waals surface area contributed by atoms with Gasteiger partial charge in [0.25, 0.3) is 5.91 Å². The van der Waals surface area contributed by atoms with Crippen LogP contribution in [0.5, 0.6) is 0 Å². The Morgan fingerprint density at radius 3 is 2.72 bits per heavy atom. The maximum absolute atomic E-state index is 12.3. The third-order valence-corrected chi connectivity index (χ3v) is 2.59. The second-order valence-electron chi connectivity index (χ2n) is 4.58. The van der Waals surface area contributed by atoms with Crippen molar-refractivity contribution in [1.82, 2.24) is 9.88 Å². The van der Waals surface area contributed by atoms with E-state index in [0.717, 1.165) is 0 Å². The van der Waals surface area contributed by atoms with E-state index >= 15 is 0 Å². The summed E-state index contributed by atoms with van der Waals surface area (Å²) in [4.78, 5) is 18.5. The van der Waals surface area contributed by atoms with E-state index in [1.54, 1.807) is 29.3 Å². The number of carbonyl (C=O) groups excluding carboxylic acids is 1. The van der Waals surface area contributed by atoms with Gasteiger partial charge in [-0.1, -0.05) is 32.1 Å². The summed E-state index contributed by atoms with van der Waals surface area (Å²) < 4.78 is 0. The van der Waals surface area contributed by atoms with Crippen LogP contribution in [0.15, 0.2) is 24.4 Å². The molecule has 0 spiro atoms. The van der Waals surface area contributed by atoms with Gasteiger partial charge in [0, 0.05) is 25.7 Å². The Hall–Kier alpha value is -1.49. The molecule has 0 bridgehead atoms. The predicted octanol–water partition coefficient (Wildman–Crippen LogP) is 1.86. The molecular weight excluding hydrogens is 246 g/mol. The van der Waals surface area contributed by atoms with Crippen LogP contribution >= 0.6 is 12.2 Å². The molecule has 0 radical (unpaired) electrons. The highest BCUT2D eigenvalue weighted by Gasteiger charge is 2.17. The monoisotopic (exact) mass is 265 g/mol. The number of amides is 1. The van der Waals surface area contributed by atoms with Gasteiger partial charge in [-0.05, 0) is 18.1 Å². The fraction of sp³-hybridized carbons (Fsp3) is 0.462. The Balaban J connectivity index is 2.75. The zero-order chi connectivity index (χ0) is 13.5. The summed E-state index contributed by atoms with van der Waals surface area (Å²) in [5.74, 6) is 0.324. The van der Waals surface area contributed by atoms with Gasteiger partial charge in [-0.25, -0.2) is 0 Å². The molecular formula is C13H19N3OS. The van der Waals surface area contributed by atoms with Gasteiger partial charge in [-0.2, -0.15) is 0 Å². The molecule has 4 nitrogen and oxygen atoms in total. The summed E-state index contributed by atoms with van der Waals surface area (Å²) in [6.45, 7) is 5.36. The number of aromatic nitrogens is 1.